The Bertz CT molecular complexity index is 998. The average Bonchev–Trinajstić information content (AvgIpc) is 3.05. The second-order valence-electron chi connectivity index (χ2n) is 5.23. The van der Waals surface area contributed by atoms with E-state index < -0.39 is 0 Å². The number of rotatable bonds is 2. The number of nitrogens with zero attached hydrogens (tertiary/aromatic N) is 1. The molecule has 1 aliphatic heterocycles. The molecule has 0 aliphatic carbocycles. The number of aromatic hydroxyl groups is 1. The van der Waals surface area contributed by atoms with Crippen LogP contribution in [0, 0.1) is 0 Å². The van der Waals surface area contributed by atoms with Gasteiger partial charge in [-0.15, -0.1) is 0 Å². The quantitative estimate of drug-likeness (QED) is 0.703. The molecule has 0 fully saturated rings. The fraction of sp³-hybridized carbons (Fsp3) is 0. The molecule has 4 rings (SSSR count). The Labute approximate surface area is 139 Å². The van der Waals surface area contributed by atoms with E-state index in [1.165, 1.54) is 0 Å². The van der Waals surface area contributed by atoms with Gasteiger partial charge >= 0.3 is 4.87 Å². The summed E-state index contributed by atoms with van der Waals surface area (Å²) in [6, 6.07) is 13.2. The zero-order chi connectivity index (χ0) is 16.8. The Morgan fingerprint density at radius 1 is 0.875 bits per heavy atom. The van der Waals surface area contributed by atoms with Crippen molar-refractivity contribution in [2.45, 2.75) is 0 Å². The molecular formula is C17H10N2O4S. The Kier molecular flexibility index (Phi) is 3.10. The molecule has 0 atom stereocenters. The van der Waals surface area contributed by atoms with Crippen molar-refractivity contribution in [3.63, 3.8) is 0 Å². The first kappa shape index (κ1) is 14.4. The van der Waals surface area contributed by atoms with Crippen LogP contribution in [0.15, 0.2) is 53.3 Å². The van der Waals surface area contributed by atoms with Gasteiger partial charge in [-0.05, 0) is 29.8 Å². The number of amides is 2. The standard InChI is InChI=1S/C17H10N2O4S/c20-14-13(24-17(23)18-14)9-5-7-10(8-6-9)19-15(21)11-3-1-2-4-12(11)16(19)22/h1-8,20H,(H,18,23). The number of hydrogen-bond donors (Lipinski definition) is 2. The Hall–Kier alpha value is -3.19. The van der Waals surface area contributed by atoms with Gasteiger partial charge in [-0.25, -0.2) is 4.90 Å². The number of fused-ring (bicyclic) bond motifs is 1. The second-order valence-corrected chi connectivity index (χ2v) is 6.21. The van der Waals surface area contributed by atoms with Crippen molar-refractivity contribution in [2.24, 2.45) is 0 Å². The molecule has 2 heterocycles. The highest BCUT2D eigenvalue weighted by Gasteiger charge is 2.36. The van der Waals surface area contributed by atoms with Gasteiger partial charge in [0.2, 0.25) is 5.88 Å². The normalized spacial score (nSPS) is 13.4. The Morgan fingerprint density at radius 3 is 1.96 bits per heavy atom. The predicted octanol–water partition coefficient (Wildman–Crippen LogP) is 2.61. The monoisotopic (exact) mass is 338 g/mol. The number of aromatic amines is 1. The minimum absolute atomic E-state index is 0.196. The summed E-state index contributed by atoms with van der Waals surface area (Å²) in [6.07, 6.45) is 0. The summed E-state index contributed by atoms with van der Waals surface area (Å²) in [4.78, 5) is 39.6. The first-order chi connectivity index (χ1) is 11.6. The molecule has 0 bridgehead atoms. The summed E-state index contributed by atoms with van der Waals surface area (Å²) in [5.74, 6) is -0.923. The molecule has 3 aromatic rings. The fourth-order valence-corrected chi connectivity index (χ4v) is 3.44. The molecule has 0 unspecified atom stereocenters. The van der Waals surface area contributed by atoms with Gasteiger partial charge in [0, 0.05) is 0 Å². The lowest BCUT2D eigenvalue weighted by atomic mass is 10.1. The van der Waals surface area contributed by atoms with Crippen LogP contribution in [0.25, 0.3) is 10.4 Å². The molecule has 118 valence electrons. The van der Waals surface area contributed by atoms with Gasteiger partial charge in [-0.3, -0.25) is 19.4 Å². The molecule has 2 amide bonds. The van der Waals surface area contributed by atoms with E-state index >= 15 is 0 Å². The third-order valence-electron chi connectivity index (χ3n) is 3.81. The zero-order valence-electron chi connectivity index (χ0n) is 12.1. The van der Waals surface area contributed by atoms with Crippen LogP contribution in [0.2, 0.25) is 0 Å². The summed E-state index contributed by atoms with van der Waals surface area (Å²) in [5.41, 5.74) is 1.82. The van der Waals surface area contributed by atoms with Crippen molar-refractivity contribution in [1.29, 1.82) is 0 Å². The highest BCUT2D eigenvalue weighted by Crippen LogP contribution is 2.33. The van der Waals surface area contributed by atoms with Crippen LogP contribution in [-0.4, -0.2) is 21.9 Å². The van der Waals surface area contributed by atoms with Crippen molar-refractivity contribution in [3.05, 3.63) is 69.3 Å². The number of hydrogen-bond acceptors (Lipinski definition) is 5. The molecule has 24 heavy (non-hydrogen) atoms. The number of carbonyl (C=O) groups excluding carboxylic acids is 2. The number of nitrogens with one attached hydrogen (secondary N) is 1. The number of benzene rings is 2. The van der Waals surface area contributed by atoms with E-state index in [1.54, 1.807) is 48.5 Å². The second kappa shape index (κ2) is 5.17. The first-order valence-corrected chi connectivity index (χ1v) is 7.88. The number of carbonyl (C=O) groups is 2. The summed E-state index contributed by atoms with van der Waals surface area (Å²) < 4.78 is 0. The third-order valence-corrected chi connectivity index (χ3v) is 4.73. The van der Waals surface area contributed by atoms with Crippen LogP contribution in [0.4, 0.5) is 5.69 Å². The lowest BCUT2D eigenvalue weighted by molar-refractivity contribution is 0.0926. The van der Waals surface area contributed by atoms with E-state index in [0.717, 1.165) is 16.2 Å². The molecule has 0 radical (unpaired) electrons. The van der Waals surface area contributed by atoms with Gasteiger partial charge in [-0.2, -0.15) is 0 Å². The van der Waals surface area contributed by atoms with Crippen molar-refractivity contribution in [2.75, 3.05) is 4.90 Å². The maximum absolute atomic E-state index is 12.4. The van der Waals surface area contributed by atoms with Crippen LogP contribution < -0.4 is 9.77 Å². The van der Waals surface area contributed by atoms with E-state index in [2.05, 4.69) is 4.98 Å². The van der Waals surface area contributed by atoms with Crippen LogP contribution in [-0.2, 0) is 0 Å². The van der Waals surface area contributed by atoms with Crippen LogP contribution in [0.5, 0.6) is 5.88 Å². The minimum Gasteiger partial charge on any atom is -0.493 e. The largest absolute Gasteiger partial charge is 0.493 e. The molecule has 2 aromatic carbocycles. The minimum atomic E-state index is -0.363. The van der Waals surface area contributed by atoms with Gasteiger partial charge in [0.1, 0.15) is 0 Å². The Morgan fingerprint density at radius 2 is 1.46 bits per heavy atom. The van der Waals surface area contributed by atoms with E-state index in [-0.39, 0.29) is 22.6 Å². The van der Waals surface area contributed by atoms with E-state index in [1.807, 2.05) is 0 Å². The Balaban J connectivity index is 1.72. The SMILES string of the molecule is O=C1c2ccccc2C(=O)N1c1ccc(-c2sc(=O)[nH]c2O)cc1. The molecule has 1 aliphatic rings. The molecule has 6 nitrogen and oxygen atoms in total. The maximum atomic E-state index is 12.4. The summed E-state index contributed by atoms with van der Waals surface area (Å²) in [5, 5.41) is 9.70. The molecule has 0 spiro atoms. The van der Waals surface area contributed by atoms with E-state index in [9.17, 15) is 19.5 Å². The number of thiazole rings is 1. The lowest BCUT2D eigenvalue weighted by Gasteiger charge is -2.14. The van der Waals surface area contributed by atoms with Crippen LogP contribution >= 0.6 is 11.3 Å². The van der Waals surface area contributed by atoms with Crippen molar-refractivity contribution in [3.8, 4) is 16.3 Å². The van der Waals surface area contributed by atoms with Gasteiger partial charge in [-0.1, -0.05) is 35.6 Å². The highest BCUT2D eigenvalue weighted by molar-refractivity contribution is 7.13. The first-order valence-electron chi connectivity index (χ1n) is 7.06. The summed E-state index contributed by atoms with van der Waals surface area (Å²) >= 11 is 0.888. The molecular weight excluding hydrogens is 328 g/mol. The topological polar surface area (TPSA) is 90.5 Å². The number of aromatic nitrogens is 1. The smallest absolute Gasteiger partial charge is 0.307 e. The molecule has 1 aromatic heterocycles. The lowest BCUT2D eigenvalue weighted by Crippen LogP contribution is -2.29. The molecule has 0 saturated heterocycles. The third kappa shape index (κ3) is 2.06. The van der Waals surface area contributed by atoms with Crippen molar-refractivity contribution >= 4 is 28.8 Å². The molecule has 0 saturated carbocycles. The summed E-state index contributed by atoms with van der Waals surface area (Å²) in [6.45, 7) is 0. The molecule has 2 N–H and O–H groups in total. The maximum Gasteiger partial charge on any atom is 0.307 e. The van der Waals surface area contributed by atoms with Crippen molar-refractivity contribution < 1.29 is 14.7 Å². The number of H-pyrrole nitrogens is 1. The van der Waals surface area contributed by atoms with Gasteiger partial charge < -0.3 is 5.11 Å². The zero-order valence-corrected chi connectivity index (χ0v) is 13.0. The van der Waals surface area contributed by atoms with Gasteiger partial charge in [0.15, 0.2) is 0 Å². The van der Waals surface area contributed by atoms with Crippen LogP contribution in [0.1, 0.15) is 20.7 Å². The number of anilines is 1. The van der Waals surface area contributed by atoms with E-state index in [0.29, 0.717) is 27.3 Å². The highest BCUT2D eigenvalue weighted by atomic mass is 32.1. The predicted molar refractivity (Wildman–Crippen MR) is 89.6 cm³/mol. The van der Waals surface area contributed by atoms with Crippen molar-refractivity contribution in [1.82, 2.24) is 4.98 Å². The summed E-state index contributed by atoms with van der Waals surface area (Å²) in [7, 11) is 0. The molecule has 7 heteroatoms. The average molecular weight is 338 g/mol. The number of imide groups is 1. The van der Waals surface area contributed by atoms with Gasteiger partial charge in [0.05, 0.1) is 21.7 Å². The van der Waals surface area contributed by atoms with Crippen LogP contribution in [0.3, 0.4) is 0 Å². The van der Waals surface area contributed by atoms with E-state index in [4.69, 9.17) is 0 Å². The fourth-order valence-electron chi connectivity index (χ4n) is 2.70. The van der Waals surface area contributed by atoms with Gasteiger partial charge in [0.25, 0.3) is 11.8 Å².